The molecule has 6 nitrogen and oxygen atoms in total. The summed E-state index contributed by atoms with van der Waals surface area (Å²) >= 11 is 1.03. The lowest BCUT2D eigenvalue weighted by Gasteiger charge is -2.11. The lowest BCUT2D eigenvalue weighted by atomic mass is 10.0. The Morgan fingerprint density at radius 3 is 2.33 bits per heavy atom. The zero-order valence-electron chi connectivity index (χ0n) is 15.6. The molecule has 0 saturated carbocycles. The molecule has 0 unspecified atom stereocenters. The van der Waals surface area contributed by atoms with E-state index < -0.39 is 5.97 Å². The van der Waals surface area contributed by atoms with Gasteiger partial charge in [0.15, 0.2) is 0 Å². The number of nitrogens with zero attached hydrogens (tertiary/aromatic N) is 4. The highest BCUT2D eigenvalue weighted by atomic mass is 32.2. The molecule has 0 saturated heterocycles. The van der Waals surface area contributed by atoms with Crippen LogP contribution in [0.4, 0.5) is 0 Å². The molecule has 4 aromatic rings. The van der Waals surface area contributed by atoms with Crippen LogP contribution in [0.5, 0.6) is 0 Å². The molecular formula is C23H14N4O2S. The number of thioether (sulfide) groups is 1. The fourth-order valence-electron chi connectivity index (χ4n) is 2.98. The maximum absolute atomic E-state index is 11.2. The first-order chi connectivity index (χ1) is 14.7. The van der Waals surface area contributed by atoms with Gasteiger partial charge in [0.2, 0.25) is 0 Å². The second-order valence-corrected chi connectivity index (χ2v) is 7.09. The fraction of sp³-hybridized carbons (Fsp3) is 0. The summed E-state index contributed by atoms with van der Waals surface area (Å²) in [6, 6.07) is 19.6. The molecule has 144 valence electrons. The minimum atomic E-state index is -0.974. The average molecular weight is 410 g/mol. The van der Waals surface area contributed by atoms with Crippen LogP contribution in [-0.2, 0) is 0 Å². The standard InChI is InChI=1S/C23H14N4O2S/c24-14-30-21-5-3-11-26-22(21)20-13-17(15-6-8-16(9-7-15)23(28)29)12-19(27-20)18-4-1-2-10-25-18/h1-13H,(H,28,29). The quantitative estimate of drug-likeness (QED) is 0.359. The van der Waals surface area contributed by atoms with Gasteiger partial charge >= 0.3 is 5.97 Å². The number of carboxylic acids is 1. The Hall–Kier alpha value is -4.02. The van der Waals surface area contributed by atoms with Crippen molar-refractivity contribution in [3.8, 4) is 39.3 Å². The topological polar surface area (TPSA) is 99.8 Å². The van der Waals surface area contributed by atoms with Crippen molar-refractivity contribution < 1.29 is 9.90 Å². The van der Waals surface area contributed by atoms with Crippen molar-refractivity contribution in [1.29, 1.82) is 5.26 Å². The molecule has 0 aliphatic carbocycles. The smallest absolute Gasteiger partial charge is 0.335 e. The number of aromatic carboxylic acids is 1. The highest BCUT2D eigenvalue weighted by Crippen LogP contribution is 2.33. The van der Waals surface area contributed by atoms with Gasteiger partial charge in [-0.25, -0.2) is 9.78 Å². The number of benzene rings is 1. The molecule has 3 aromatic heterocycles. The molecule has 0 bridgehead atoms. The molecule has 30 heavy (non-hydrogen) atoms. The summed E-state index contributed by atoms with van der Waals surface area (Å²) in [6.45, 7) is 0. The first kappa shape index (κ1) is 19.3. The Morgan fingerprint density at radius 2 is 1.63 bits per heavy atom. The Morgan fingerprint density at radius 1 is 0.867 bits per heavy atom. The number of carboxylic acid groups (broad SMARTS) is 1. The number of rotatable bonds is 5. The zero-order chi connectivity index (χ0) is 20.9. The van der Waals surface area contributed by atoms with Gasteiger partial charge in [-0.2, -0.15) is 5.26 Å². The van der Waals surface area contributed by atoms with Crippen molar-refractivity contribution in [3.63, 3.8) is 0 Å². The van der Waals surface area contributed by atoms with Gasteiger partial charge < -0.3 is 5.11 Å². The zero-order valence-corrected chi connectivity index (χ0v) is 16.4. The van der Waals surface area contributed by atoms with Crippen LogP contribution in [-0.4, -0.2) is 26.0 Å². The Kier molecular flexibility index (Phi) is 5.50. The first-order valence-corrected chi connectivity index (χ1v) is 9.76. The number of pyridine rings is 3. The number of thiocyanates is 1. The third-order valence-corrected chi connectivity index (χ3v) is 5.03. The predicted octanol–water partition coefficient (Wildman–Crippen LogP) is 5.14. The minimum absolute atomic E-state index is 0.218. The van der Waals surface area contributed by atoms with E-state index in [1.807, 2.05) is 36.4 Å². The molecule has 0 aliphatic heterocycles. The summed E-state index contributed by atoms with van der Waals surface area (Å²) in [5, 5.41) is 20.4. The van der Waals surface area contributed by atoms with Gasteiger partial charge in [-0.15, -0.1) is 0 Å². The SMILES string of the molecule is N#CSc1cccnc1-c1cc(-c2ccc(C(=O)O)cc2)cc(-c2ccccn2)n1. The largest absolute Gasteiger partial charge is 0.478 e. The van der Waals surface area contributed by atoms with Crippen molar-refractivity contribution >= 4 is 17.7 Å². The Labute approximate surface area is 176 Å². The molecule has 0 atom stereocenters. The maximum Gasteiger partial charge on any atom is 0.335 e. The molecule has 1 N–H and O–H groups in total. The highest BCUT2D eigenvalue weighted by molar-refractivity contribution is 8.03. The van der Waals surface area contributed by atoms with Gasteiger partial charge in [0.05, 0.1) is 27.5 Å². The van der Waals surface area contributed by atoms with E-state index in [0.29, 0.717) is 27.7 Å². The third-order valence-electron chi connectivity index (χ3n) is 4.39. The summed E-state index contributed by atoms with van der Waals surface area (Å²) < 4.78 is 0. The Bertz CT molecular complexity index is 1250. The van der Waals surface area contributed by atoms with Gasteiger partial charge in [-0.3, -0.25) is 9.97 Å². The molecule has 7 heteroatoms. The van der Waals surface area contributed by atoms with E-state index >= 15 is 0 Å². The van der Waals surface area contributed by atoms with Crippen molar-refractivity contribution in [2.45, 2.75) is 4.90 Å². The highest BCUT2D eigenvalue weighted by Gasteiger charge is 2.14. The van der Waals surface area contributed by atoms with Crippen molar-refractivity contribution in [2.24, 2.45) is 0 Å². The molecule has 0 aliphatic rings. The van der Waals surface area contributed by atoms with E-state index in [1.54, 1.807) is 42.7 Å². The fourth-order valence-corrected chi connectivity index (χ4v) is 3.48. The van der Waals surface area contributed by atoms with Crippen LogP contribution < -0.4 is 0 Å². The van der Waals surface area contributed by atoms with Crippen LogP contribution in [0.25, 0.3) is 33.9 Å². The number of hydrogen-bond donors (Lipinski definition) is 1. The van der Waals surface area contributed by atoms with Crippen LogP contribution in [0.3, 0.4) is 0 Å². The summed E-state index contributed by atoms with van der Waals surface area (Å²) in [5.41, 5.74) is 4.47. The monoisotopic (exact) mass is 410 g/mol. The van der Waals surface area contributed by atoms with Gasteiger partial charge in [-0.1, -0.05) is 18.2 Å². The van der Waals surface area contributed by atoms with Gasteiger partial charge in [0, 0.05) is 12.4 Å². The summed E-state index contributed by atoms with van der Waals surface area (Å²) in [5.74, 6) is -0.974. The van der Waals surface area contributed by atoms with E-state index in [1.165, 1.54) is 0 Å². The molecule has 3 heterocycles. The second-order valence-electron chi connectivity index (χ2n) is 6.27. The molecule has 4 rings (SSSR count). The second kappa shape index (κ2) is 8.55. The molecule has 0 fully saturated rings. The maximum atomic E-state index is 11.2. The number of carbonyl (C=O) groups is 1. The lowest BCUT2D eigenvalue weighted by molar-refractivity contribution is 0.0697. The van der Waals surface area contributed by atoms with E-state index in [9.17, 15) is 4.79 Å². The first-order valence-electron chi connectivity index (χ1n) is 8.94. The third kappa shape index (κ3) is 4.04. The van der Waals surface area contributed by atoms with Crippen LogP contribution >= 0.6 is 11.8 Å². The van der Waals surface area contributed by atoms with Gasteiger partial charge in [0.25, 0.3) is 0 Å². The van der Waals surface area contributed by atoms with Crippen molar-refractivity contribution in [3.05, 3.63) is 84.7 Å². The van der Waals surface area contributed by atoms with E-state index in [-0.39, 0.29) is 5.56 Å². The normalized spacial score (nSPS) is 10.4. The van der Waals surface area contributed by atoms with Crippen LogP contribution in [0.15, 0.2) is 84.0 Å². The molecule has 0 radical (unpaired) electrons. The van der Waals surface area contributed by atoms with Crippen molar-refractivity contribution in [1.82, 2.24) is 15.0 Å². The predicted molar refractivity (Wildman–Crippen MR) is 115 cm³/mol. The van der Waals surface area contributed by atoms with Gasteiger partial charge in [0.1, 0.15) is 11.1 Å². The Balaban J connectivity index is 1.90. The minimum Gasteiger partial charge on any atom is -0.478 e. The number of nitriles is 1. The van der Waals surface area contributed by atoms with E-state index in [2.05, 4.69) is 15.4 Å². The van der Waals surface area contributed by atoms with E-state index in [4.69, 9.17) is 15.4 Å². The van der Waals surface area contributed by atoms with Gasteiger partial charge in [-0.05, 0) is 71.4 Å². The summed E-state index contributed by atoms with van der Waals surface area (Å²) in [6.07, 6.45) is 3.36. The van der Waals surface area contributed by atoms with Crippen LogP contribution in [0.1, 0.15) is 10.4 Å². The van der Waals surface area contributed by atoms with Crippen LogP contribution in [0, 0.1) is 10.7 Å². The average Bonchev–Trinajstić information content (AvgIpc) is 2.80. The molecule has 0 spiro atoms. The molecule has 1 aromatic carbocycles. The summed E-state index contributed by atoms with van der Waals surface area (Å²) in [7, 11) is 0. The number of aromatic nitrogens is 3. The molecular weight excluding hydrogens is 396 g/mol. The van der Waals surface area contributed by atoms with Crippen LogP contribution in [0.2, 0.25) is 0 Å². The van der Waals surface area contributed by atoms with E-state index in [0.717, 1.165) is 22.9 Å². The molecule has 0 amide bonds. The summed E-state index contributed by atoms with van der Waals surface area (Å²) in [4.78, 5) is 25.5. The van der Waals surface area contributed by atoms with Crippen molar-refractivity contribution in [2.75, 3.05) is 0 Å². The lowest BCUT2D eigenvalue weighted by Crippen LogP contribution is -1.97. The number of hydrogen-bond acceptors (Lipinski definition) is 6.